The molecule has 19 heavy (non-hydrogen) atoms. The standard InChI is InChI=1S/C16H34N2O/c1-5-10-17-16(4,13-19)9-12-18(15-6-7-15)11-8-14(2)3/h14-15,17,19H,5-13H2,1-4H3. The normalized spacial score (nSPS) is 19.1. The lowest BCUT2D eigenvalue weighted by Crippen LogP contribution is -2.48. The van der Waals surface area contributed by atoms with Crippen LogP contribution in [0.4, 0.5) is 0 Å². The summed E-state index contributed by atoms with van der Waals surface area (Å²) in [5, 5.41) is 13.1. The van der Waals surface area contributed by atoms with Gasteiger partial charge in [0, 0.05) is 18.1 Å². The summed E-state index contributed by atoms with van der Waals surface area (Å²) in [6.45, 7) is 12.5. The van der Waals surface area contributed by atoms with Crippen LogP contribution in [0.25, 0.3) is 0 Å². The molecule has 114 valence electrons. The fraction of sp³-hybridized carbons (Fsp3) is 1.00. The Morgan fingerprint density at radius 2 is 2.00 bits per heavy atom. The van der Waals surface area contributed by atoms with Gasteiger partial charge in [0.2, 0.25) is 0 Å². The number of nitrogens with one attached hydrogen (secondary N) is 1. The van der Waals surface area contributed by atoms with Gasteiger partial charge in [-0.25, -0.2) is 0 Å². The Morgan fingerprint density at radius 1 is 1.32 bits per heavy atom. The zero-order valence-corrected chi connectivity index (χ0v) is 13.4. The van der Waals surface area contributed by atoms with E-state index in [9.17, 15) is 5.11 Å². The summed E-state index contributed by atoms with van der Waals surface area (Å²) in [5.74, 6) is 0.781. The van der Waals surface area contributed by atoms with Crippen LogP contribution in [0.5, 0.6) is 0 Å². The van der Waals surface area contributed by atoms with E-state index in [4.69, 9.17) is 0 Å². The van der Waals surface area contributed by atoms with Crippen molar-refractivity contribution in [1.29, 1.82) is 0 Å². The lowest BCUT2D eigenvalue weighted by atomic mass is 9.98. The lowest BCUT2D eigenvalue weighted by molar-refractivity contribution is 0.141. The predicted molar refractivity (Wildman–Crippen MR) is 82.5 cm³/mol. The summed E-state index contributed by atoms with van der Waals surface area (Å²) in [6.07, 6.45) is 6.19. The highest BCUT2D eigenvalue weighted by molar-refractivity contribution is 4.88. The van der Waals surface area contributed by atoms with Crippen molar-refractivity contribution in [3.05, 3.63) is 0 Å². The average Bonchev–Trinajstić information content (AvgIpc) is 3.20. The van der Waals surface area contributed by atoms with Crippen LogP contribution in [0.1, 0.15) is 59.8 Å². The molecule has 1 fully saturated rings. The molecule has 0 amide bonds. The number of nitrogens with zero attached hydrogens (tertiary/aromatic N) is 1. The summed E-state index contributed by atoms with van der Waals surface area (Å²) in [5.41, 5.74) is -0.110. The zero-order valence-electron chi connectivity index (χ0n) is 13.4. The van der Waals surface area contributed by atoms with Crippen LogP contribution in [0, 0.1) is 5.92 Å². The molecule has 1 aliphatic rings. The molecule has 0 aromatic carbocycles. The molecule has 0 bridgehead atoms. The van der Waals surface area contributed by atoms with Gasteiger partial charge in [-0.3, -0.25) is 0 Å². The van der Waals surface area contributed by atoms with E-state index in [1.54, 1.807) is 0 Å². The van der Waals surface area contributed by atoms with Crippen molar-refractivity contribution in [2.45, 2.75) is 71.4 Å². The van der Waals surface area contributed by atoms with Crippen LogP contribution in [0.15, 0.2) is 0 Å². The van der Waals surface area contributed by atoms with E-state index in [-0.39, 0.29) is 12.1 Å². The SMILES string of the molecule is CCCNC(C)(CO)CCN(CCC(C)C)C1CC1. The molecule has 1 aliphatic carbocycles. The highest BCUT2D eigenvalue weighted by atomic mass is 16.3. The van der Waals surface area contributed by atoms with Crippen LogP contribution in [0.2, 0.25) is 0 Å². The first-order valence-electron chi connectivity index (χ1n) is 8.10. The van der Waals surface area contributed by atoms with Gasteiger partial charge in [-0.1, -0.05) is 20.8 Å². The molecule has 0 aromatic heterocycles. The third-order valence-electron chi connectivity index (χ3n) is 4.16. The van der Waals surface area contributed by atoms with Crippen LogP contribution >= 0.6 is 0 Å². The molecular formula is C16H34N2O. The first-order valence-corrected chi connectivity index (χ1v) is 8.10. The minimum atomic E-state index is -0.110. The molecule has 0 aliphatic heterocycles. The number of aliphatic hydroxyl groups excluding tert-OH is 1. The molecule has 2 N–H and O–H groups in total. The Labute approximate surface area is 119 Å². The molecule has 1 rings (SSSR count). The van der Waals surface area contributed by atoms with Gasteiger partial charge < -0.3 is 15.3 Å². The number of aliphatic hydroxyl groups is 1. The van der Waals surface area contributed by atoms with E-state index in [1.165, 1.54) is 25.8 Å². The van der Waals surface area contributed by atoms with Gasteiger partial charge in [0.05, 0.1) is 6.61 Å². The van der Waals surface area contributed by atoms with Crippen molar-refractivity contribution in [3.63, 3.8) is 0 Å². The van der Waals surface area contributed by atoms with Crippen LogP contribution in [-0.2, 0) is 0 Å². The topological polar surface area (TPSA) is 35.5 Å². The smallest absolute Gasteiger partial charge is 0.0611 e. The number of hydrogen-bond donors (Lipinski definition) is 2. The summed E-state index contributed by atoms with van der Waals surface area (Å²) < 4.78 is 0. The molecule has 3 nitrogen and oxygen atoms in total. The Bertz CT molecular complexity index is 241. The van der Waals surface area contributed by atoms with E-state index in [0.29, 0.717) is 0 Å². The van der Waals surface area contributed by atoms with Crippen molar-refractivity contribution in [3.8, 4) is 0 Å². The minimum absolute atomic E-state index is 0.110. The van der Waals surface area contributed by atoms with E-state index in [2.05, 4.69) is 37.9 Å². The quantitative estimate of drug-likeness (QED) is 0.606. The molecule has 3 heteroatoms. The molecular weight excluding hydrogens is 236 g/mol. The second-order valence-corrected chi connectivity index (χ2v) is 6.85. The van der Waals surface area contributed by atoms with Crippen molar-refractivity contribution >= 4 is 0 Å². The third kappa shape index (κ3) is 6.73. The van der Waals surface area contributed by atoms with Gasteiger partial charge in [0.1, 0.15) is 0 Å². The average molecular weight is 270 g/mol. The van der Waals surface area contributed by atoms with Gasteiger partial charge in [-0.15, -0.1) is 0 Å². The maximum atomic E-state index is 9.62. The molecule has 1 atom stereocenters. The summed E-state index contributed by atoms with van der Waals surface area (Å²) >= 11 is 0. The molecule has 0 aromatic rings. The van der Waals surface area contributed by atoms with Gasteiger partial charge in [0.25, 0.3) is 0 Å². The summed E-state index contributed by atoms with van der Waals surface area (Å²) in [6, 6.07) is 0.827. The molecule has 1 saturated carbocycles. The Balaban J connectivity index is 2.36. The molecule has 0 radical (unpaired) electrons. The minimum Gasteiger partial charge on any atom is -0.394 e. The molecule has 0 heterocycles. The Kier molecular flexibility index (Phi) is 7.33. The van der Waals surface area contributed by atoms with Gasteiger partial charge in [-0.2, -0.15) is 0 Å². The van der Waals surface area contributed by atoms with Gasteiger partial charge >= 0.3 is 0 Å². The lowest BCUT2D eigenvalue weighted by Gasteiger charge is -2.32. The maximum absolute atomic E-state index is 9.62. The molecule has 0 spiro atoms. The largest absolute Gasteiger partial charge is 0.394 e. The van der Waals surface area contributed by atoms with Crippen LogP contribution < -0.4 is 5.32 Å². The fourth-order valence-corrected chi connectivity index (χ4v) is 2.38. The van der Waals surface area contributed by atoms with Crippen molar-refractivity contribution in [2.24, 2.45) is 5.92 Å². The molecule has 1 unspecified atom stereocenters. The number of rotatable bonds is 11. The van der Waals surface area contributed by atoms with Crippen molar-refractivity contribution in [1.82, 2.24) is 10.2 Å². The second kappa shape index (κ2) is 8.23. The van der Waals surface area contributed by atoms with Crippen molar-refractivity contribution in [2.75, 3.05) is 26.2 Å². The zero-order chi connectivity index (χ0) is 14.3. The first-order chi connectivity index (χ1) is 9.00. The monoisotopic (exact) mass is 270 g/mol. The van der Waals surface area contributed by atoms with Crippen molar-refractivity contribution < 1.29 is 5.11 Å². The second-order valence-electron chi connectivity index (χ2n) is 6.85. The highest BCUT2D eigenvalue weighted by Gasteiger charge is 2.31. The van der Waals surface area contributed by atoms with E-state index >= 15 is 0 Å². The summed E-state index contributed by atoms with van der Waals surface area (Å²) in [7, 11) is 0. The fourth-order valence-electron chi connectivity index (χ4n) is 2.38. The van der Waals surface area contributed by atoms with E-state index < -0.39 is 0 Å². The number of hydrogen-bond acceptors (Lipinski definition) is 3. The predicted octanol–water partition coefficient (Wildman–Crippen LogP) is 2.64. The Hall–Kier alpha value is -0.120. The van der Waals surface area contributed by atoms with Gasteiger partial charge in [-0.05, 0) is 58.0 Å². The maximum Gasteiger partial charge on any atom is 0.0611 e. The first kappa shape index (κ1) is 16.9. The molecule has 0 saturated heterocycles. The van der Waals surface area contributed by atoms with Crippen LogP contribution in [-0.4, -0.2) is 47.8 Å². The highest BCUT2D eigenvalue weighted by Crippen LogP contribution is 2.28. The summed E-state index contributed by atoms with van der Waals surface area (Å²) in [4.78, 5) is 2.64. The van der Waals surface area contributed by atoms with E-state index in [0.717, 1.165) is 37.9 Å². The Morgan fingerprint density at radius 3 is 2.47 bits per heavy atom. The van der Waals surface area contributed by atoms with Gasteiger partial charge in [0.15, 0.2) is 0 Å². The van der Waals surface area contributed by atoms with Crippen LogP contribution in [0.3, 0.4) is 0 Å². The third-order valence-corrected chi connectivity index (χ3v) is 4.16. The van der Waals surface area contributed by atoms with E-state index in [1.807, 2.05) is 0 Å².